The van der Waals surface area contributed by atoms with Crippen LogP contribution >= 0.6 is 0 Å². The lowest BCUT2D eigenvalue weighted by molar-refractivity contribution is 0.152. The minimum absolute atomic E-state index is 0.0705. The molecule has 1 unspecified atom stereocenters. The van der Waals surface area contributed by atoms with Gasteiger partial charge in [-0.25, -0.2) is 8.78 Å². The molecule has 0 radical (unpaired) electrons. The van der Waals surface area contributed by atoms with Crippen molar-refractivity contribution in [2.24, 2.45) is 0 Å². The smallest absolute Gasteiger partial charge is 0.297 e. The molecule has 0 N–H and O–H groups in total. The van der Waals surface area contributed by atoms with Crippen molar-refractivity contribution in [3.8, 4) is 16.9 Å². The third-order valence-electron chi connectivity index (χ3n) is 4.79. The molecule has 0 saturated heterocycles. The fraction of sp³-hybridized carbons (Fsp3) is 0.182. The molecule has 4 nitrogen and oxygen atoms in total. The third kappa shape index (κ3) is 3.88. The van der Waals surface area contributed by atoms with Gasteiger partial charge in [0.25, 0.3) is 10.1 Å². The molecule has 3 aromatic carbocycles. The molecule has 0 spiro atoms. The van der Waals surface area contributed by atoms with E-state index in [1.54, 1.807) is 24.3 Å². The van der Waals surface area contributed by atoms with Crippen molar-refractivity contribution in [3.63, 3.8) is 0 Å². The van der Waals surface area contributed by atoms with Crippen molar-refractivity contribution >= 4 is 10.1 Å². The Hall–Kier alpha value is -2.77. The Bertz CT molecular complexity index is 1160. The number of rotatable bonds is 5. The van der Waals surface area contributed by atoms with Crippen LogP contribution in [0, 0.1) is 18.6 Å². The van der Waals surface area contributed by atoms with Crippen LogP contribution in [0.5, 0.6) is 5.75 Å². The van der Waals surface area contributed by atoms with Crippen molar-refractivity contribution in [2.45, 2.75) is 24.3 Å². The molecule has 29 heavy (non-hydrogen) atoms. The van der Waals surface area contributed by atoms with Crippen LogP contribution in [0.4, 0.5) is 8.78 Å². The highest BCUT2D eigenvalue weighted by atomic mass is 32.2. The normalized spacial score (nSPS) is 15.8. The van der Waals surface area contributed by atoms with E-state index in [-0.39, 0.29) is 17.1 Å². The monoisotopic (exact) mass is 416 g/mol. The standard InChI is InChI=1S/C22H18F2O4S/c1-14-8-10-17(11-9-14)29(25,26)27-13-16-12-15-4-2-6-19(22(15)28-16)18-5-3-7-20(23)21(18)24/h2-11,16H,12-13H2,1H3. The van der Waals surface area contributed by atoms with Crippen LogP contribution in [-0.2, 0) is 20.7 Å². The summed E-state index contributed by atoms with van der Waals surface area (Å²) in [5.41, 5.74) is 2.24. The van der Waals surface area contributed by atoms with Gasteiger partial charge in [0.2, 0.25) is 0 Å². The Kier molecular flexibility index (Phi) is 5.10. The molecule has 1 heterocycles. The van der Waals surface area contributed by atoms with Crippen molar-refractivity contribution in [3.05, 3.63) is 83.4 Å². The van der Waals surface area contributed by atoms with E-state index in [2.05, 4.69) is 0 Å². The molecule has 4 rings (SSSR count). The van der Waals surface area contributed by atoms with Gasteiger partial charge in [0.15, 0.2) is 11.6 Å². The zero-order chi connectivity index (χ0) is 20.6. The highest BCUT2D eigenvalue weighted by Crippen LogP contribution is 2.40. The Balaban J connectivity index is 1.53. The molecule has 0 aromatic heterocycles. The van der Waals surface area contributed by atoms with Gasteiger partial charge in [-0.3, -0.25) is 4.18 Å². The maximum Gasteiger partial charge on any atom is 0.297 e. The largest absolute Gasteiger partial charge is 0.487 e. The maximum absolute atomic E-state index is 14.2. The molecule has 0 saturated carbocycles. The Morgan fingerprint density at radius 1 is 1.00 bits per heavy atom. The van der Waals surface area contributed by atoms with E-state index in [1.807, 2.05) is 13.0 Å². The lowest BCUT2D eigenvalue weighted by Crippen LogP contribution is -2.23. The molecule has 1 atom stereocenters. The zero-order valence-corrected chi connectivity index (χ0v) is 16.4. The Morgan fingerprint density at radius 3 is 2.45 bits per heavy atom. The number of benzene rings is 3. The topological polar surface area (TPSA) is 52.6 Å². The number of hydrogen-bond acceptors (Lipinski definition) is 4. The summed E-state index contributed by atoms with van der Waals surface area (Å²) < 4.78 is 63.6. The average molecular weight is 416 g/mol. The molecule has 150 valence electrons. The van der Waals surface area contributed by atoms with Gasteiger partial charge in [-0.2, -0.15) is 8.42 Å². The van der Waals surface area contributed by atoms with Crippen LogP contribution in [-0.4, -0.2) is 21.1 Å². The molecule has 1 aliphatic heterocycles. The first-order valence-electron chi connectivity index (χ1n) is 9.04. The van der Waals surface area contributed by atoms with E-state index < -0.39 is 27.9 Å². The van der Waals surface area contributed by atoms with Crippen molar-refractivity contribution < 1.29 is 26.1 Å². The SMILES string of the molecule is Cc1ccc(S(=O)(=O)OCC2Cc3cccc(-c4cccc(F)c4F)c3O2)cc1. The fourth-order valence-corrected chi connectivity index (χ4v) is 4.23. The summed E-state index contributed by atoms with van der Waals surface area (Å²) in [6, 6.07) is 15.5. The predicted molar refractivity (Wildman–Crippen MR) is 104 cm³/mol. The third-order valence-corrected chi connectivity index (χ3v) is 6.09. The van der Waals surface area contributed by atoms with E-state index in [0.717, 1.165) is 17.2 Å². The van der Waals surface area contributed by atoms with Crippen LogP contribution in [0.3, 0.4) is 0 Å². The van der Waals surface area contributed by atoms with Gasteiger partial charge in [-0.05, 0) is 30.7 Å². The van der Waals surface area contributed by atoms with E-state index in [1.165, 1.54) is 24.3 Å². The van der Waals surface area contributed by atoms with Crippen molar-refractivity contribution in [1.82, 2.24) is 0 Å². The first-order valence-corrected chi connectivity index (χ1v) is 10.4. The van der Waals surface area contributed by atoms with Crippen molar-refractivity contribution in [1.29, 1.82) is 0 Å². The second kappa shape index (κ2) is 7.57. The average Bonchev–Trinajstić information content (AvgIpc) is 3.12. The quantitative estimate of drug-likeness (QED) is 0.568. The summed E-state index contributed by atoms with van der Waals surface area (Å²) in [4.78, 5) is 0.0705. The van der Waals surface area contributed by atoms with Crippen molar-refractivity contribution in [2.75, 3.05) is 6.61 Å². The number of para-hydroxylation sites is 1. The minimum atomic E-state index is -3.92. The summed E-state index contributed by atoms with van der Waals surface area (Å²) in [7, 11) is -3.92. The number of hydrogen-bond donors (Lipinski definition) is 0. The van der Waals surface area contributed by atoms with Gasteiger partial charge in [0, 0.05) is 17.5 Å². The summed E-state index contributed by atoms with van der Waals surface area (Å²) in [6.45, 7) is 1.68. The van der Waals surface area contributed by atoms with Gasteiger partial charge in [-0.15, -0.1) is 0 Å². The lowest BCUT2D eigenvalue weighted by atomic mass is 10.00. The van der Waals surface area contributed by atoms with Gasteiger partial charge in [0.05, 0.1) is 4.90 Å². The molecule has 0 bridgehead atoms. The molecule has 0 amide bonds. The summed E-state index contributed by atoms with van der Waals surface area (Å²) >= 11 is 0. The summed E-state index contributed by atoms with van der Waals surface area (Å²) in [5.74, 6) is -1.48. The lowest BCUT2D eigenvalue weighted by Gasteiger charge is -2.13. The second-order valence-corrected chi connectivity index (χ2v) is 8.51. The van der Waals surface area contributed by atoms with Gasteiger partial charge in [-0.1, -0.05) is 48.0 Å². The second-order valence-electron chi connectivity index (χ2n) is 6.89. The number of halogens is 2. The molecule has 7 heteroatoms. The summed E-state index contributed by atoms with van der Waals surface area (Å²) in [6.07, 6.45) is -0.147. The van der Waals surface area contributed by atoms with Crippen LogP contribution < -0.4 is 4.74 Å². The van der Waals surface area contributed by atoms with Crippen LogP contribution in [0.25, 0.3) is 11.1 Å². The Labute approximate surface area is 167 Å². The van der Waals surface area contributed by atoms with E-state index in [0.29, 0.717) is 17.7 Å². The van der Waals surface area contributed by atoms with Crippen LogP contribution in [0.2, 0.25) is 0 Å². The molecule has 3 aromatic rings. The molecular formula is C22H18F2O4S. The molecule has 0 aliphatic carbocycles. The van der Waals surface area contributed by atoms with Crippen LogP contribution in [0.15, 0.2) is 65.6 Å². The van der Waals surface area contributed by atoms with Gasteiger partial charge < -0.3 is 4.74 Å². The van der Waals surface area contributed by atoms with E-state index >= 15 is 0 Å². The highest BCUT2D eigenvalue weighted by Gasteiger charge is 2.29. The number of ether oxygens (including phenoxy) is 1. The van der Waals surface area contributed by atoms with Gasteiger partial charge >= 0.3 is 0 Å². The first kappa shape index (κ1) is 19.5. The Morgan fingerprint density at radius 2 is 1.69 bits per heavy atom. The van der Waals surface area contributed by atoms with Gasteiger partial charge in [0.1, 0.15) is 18.5 Å². The van der Waals surface area contributed by atoms with E-state index in [4.69, 9.17) is 8.92 Å². The fourth-order valence-electron chi connectivity index (χ4n) is 3.29. The number of aryl methyl sites for hydroxylation is 1. The molecule has 1 aliphatic rings. The maximum atomic E-state index is 14.2. The first-order chi connectivity index (χ1) is 13.8. The molecule has 0 fully saturated rings. The summed E-state index contributed by atoms with van der Waals surface area (Å²) in [5, 5.41) is 0. The minimum Gasteiger partial charge on any atom is -0.487 e. The zero-order valence-electron chi connectivity index (χ0n) is 15.6. The van der Waals surface area contributed by atoms with E-state index in [9.17, 15) is 17.2 Å². The molecular weight excluding hydrogens is 398 g/mol. The highest BCUT2D eigenvalue weighted by molar-refractivity contribution is 7.86. The van der Waals surface area contributed by atoms with Crippen LogP contribution in [0.1, 0.15) is 11.1 Å². The predicted octanol–water partition coefficient (Wildman–Crippen LogP) is 4.65. The number of fused-ring (bicyclic) bond motifs is 1.